The van der Waals surface area contributed by atoms with Crippen LogP contribution >= 0.6 is 0 Å². The van der Waals surface area contributed by atoms with Gasteiger partial charge in [-0.1, -0.05) is 20.8 Å². The molecule has 1 heterocycles. The van der Waals surface area contributed by atoms with Crippen molar-refractivity contribution in [1.29, 1.82) is 0 Å². The third kappa shape index (κ3) is 3.69. The van der Waals surface area contributed by atoms with Crippen molar-refractivity contribution in [3.05, 3.63) is 0 Å². The number of carbonyl (C=O) groups is 1. The number of carbonyl (C=O) groups excluding carboxylic acids is 1. The van der Waals surface area contributed by atoms with E-state index in [0.717, 1.165) is 32.6 Å². The molecule has 1 rings (SSSR count). The standard InChI is InChI=1S/C14H28N2O2/c1-6-14(5)13(17)16(12(4)15-14)8-7-9-18-10-11(2)3/h11-12,15H,6-10H2,1-5H3. The molecule has 0 radical (unpaired) electrons. The fraction of sp³-hybridized carbons (Fsp3) is 0.929. The maximum atomic E-state index is 12.3. The van der Waals surface area contributed by atoms with Crippen LogP contribution in [0.1, 0.15) is 47.5 Å². The molecule has 2 unspecified atom stereocenters. The first-order valence-electron chi connectivity index (χ1n) is 7.07. The number of rotatable bonds is 7. The largest absolute Gasteiger partial charge is 0.381 e. The van der Waals surface area contributed by atoms with Crippen LogP contribution in [0.4, 0.5) is 0 Å². The number of nitrogens with one attached hydrogen (secondary N) is 1. The molecule has 1 fully saturated rings. The van der Waals surface area contributed by atoms with Gasteiger partial charge in [-0.2, -0.15) is 0 Å². The maximum Gasteiger partial charge on any atom is 0.243 e. The molecule has 1 saturated heterocycles. The summed E-state index contributed by atoms with van der Waals surface area (Å²) >= 11 is 0. The Kier molecular flexibility index (Phi) is 5.60. The lowest BCUT2D eigenvalue weighted by Crippen LogP contribution is -2.43. The lowest BCUT2D eigenvalue weighted by Gasteiger charge is -2.21. The van der Waals surface area contributed by atoms with Crippen LogP contribution in [0, 0.1) is 5.92 Å². The van der Waals surface area contributed by atoms with Gasteiger partial charge in [0, 0.05) is 19.8 Å². The summed E-state index contributed by atoms with van der Waals surface area (Å²) in [7, 11) is 0. The summed E-state index contributed by atoms with van der Waals surface area (Å²) in [6, 6.07) is 0. The third-order valence-corrected chi connectivity index (χ3v) is 3.57. The van der Waals surface area contributed by atoms with Gasteiger partial charge in [0.25, 0.3) is 0 Å². The molecule has 1 N–H and O–H groups in total. The maximum absolute atomic E-state index is 12.3. The smallest absolute Gasteiger partial charge is 0.243 e. The van der Waals surface area contributed by atoms with Crippen molar-refractivity contribution >= 4 is 5.91 Å². The summed E-state index contributed by atoms with van der Waals surface area (Å²) in [5, 5.41) is 3.37. The molecular weight excluding hydrogens is 228 g/mol. The fourth-order valence-electron chi connectivity index (χ4n) is 2.30. The first-order chi connectivity index (χ1) is 8.40. The molecule has 1 amide bonds. The van der Waals surface area contributed by atoms with E-state index in [0.29, 0.717) is 5.92 Å². The summed E-state index contributed by atoms with van der Waals surface area (Å²) in [6.07, 6.45) is 1.87. The quantitative estimate of drug-likeness (QED) is 0.708. The van der Waals surface area contributed by atoms with Gasteiger partial charge in [0.2, 0.25) is 5.91 Å². The van der Waals surface area contributed by atoms with Crippen molar-refractivity contribution in [2.24, 2.45) is 5.92 Å². The Hall–Kier alpha value is -0.610. The molecule has 4 nitrogen and oxygen atoms in total. The van der Waals surface area contributed by atoms with Crippen LogP contribution in [-0.2, 0) is 9.53 Å². The first-order valence-corrected chi connectivity index (χ1v) is 7.07. The highest BCUT2D eigenvalue weighted by Gasteiger charge is 2.44. The minimum atomic E-state index is -0.377. The number of nitrogens with zero attached hydrogens (tertiary/aromatic N) is 1. The second kappa shape index (κ2) is 6.53. The molecule has 0 saturated carbocycles. The van der Waals surface area contributed by atoms with E-state index in [9.17, 15) is 4.79 Å². The molecule has 0 spiro atoms. The van der Waals surface area contributed by atoms with Crippen LogP contribution < -0.4 is 5.32 Å². The molecular formula is C14H28N2O2. The molecule has 0 aromatic heterocycles. The SMILES string of the molecule is CCC1(C)NC(C)N(CCCOCC(C)C)C1=O. The predicted octanol–water partition coefficient (Wildman–Crippen LogP) is 2.00. The van der Waals surface area contributed by atoms with Gasteiger partial charge in [0.05, 0.1) is 11.7 Å². The summed E-state index contributed by atoms with van der Waals surface area (Å²) in [5.74, 6) is 0.795. The van der Waals surface area contributed by atoms with E-state index in [2.05, 4.69) is 19.2 Å². The lowest BCUT2D eigenvalue weighted by atomic mass is 9.99. The summed E-state index contributed by atoms with van der Waals surface area (Å²) in [5.41, 5.74) is -0.377. The molecule has 18 heavy (non-hydrogen) atoms. The van der Waals surface area contributed by atoms with Crippen LogP contribution in [0.2, 0.25) is 0 Å². The summed E-state index contributed by atoms with van der Waals surface area (Å²) in [4.78, 5) is 14.2. The second-order valence-corrected chi connectivity index (χ2v) is 5.83. The van der Waals surface area contributed by atoms with E-state index in [1.165, 1.54) is 0 Å². The predicted molar refractivity (Wildman–Crippen MR) is 73.3 cm³/mol. The van der Waals surface area contributed by atoms with Crippen molar-refractivity contribution in [2.75, 3.05) is 19.8 Å². The van der Waals surface area contributed by atoms with Crippen molar-refractivity contribution in [3.8, 4) is 0 Å². The minimum Gasteiger partial charge on any atom is -0.381 e. The topological polar surface area (TPSA) is 41.6 Å². The van der Waals surface area contributed by atoms with Crippen molar-refractivity contribution < 1.29 is 9.53 Å². The Morgan fingerprint density at radius 2 is 2.17 bits per heavy atom. The zero-order valence-corrected chi connectivity index (χ0v) is 12.5. The molecule has 4 heteroatoms. The Bertz CT molecular complexity index is 281. The van der Waals surface area contributed by atoms with E-state index in [4.69, 9.17) is 4.74 Å². The van der Waals surface area contributed by atoms with Gasteiger partial charge < -0.3 is 9.64 Å². The van der Waals surface area contributed by atoms with Crippen LogP contribution in [0.25, 0.3) is 0 Å². The minimum absolute atomic E-state index is 0.132. The molecule has 2 atom stereocenters. The van der Waals surface area contributed by atoms with Gasteiger partial charge in [-0.15, -0.1) is 0 Å². The zero-order chi connectivity index (χ0) is 13.8. The Balaban J connectivity index is 2.32. The molecule has 1 aliphatic heterocycles. The van der Waals surface area contributed by atoms with Gasteiger partial charge in [0.15, 0.2) is 0 Å². The lowest BCUT2D eigenvalue weighted by molar-refractivity contribution is -0.133. The highest BCUT2D eigenvalue weighted by molar-refractivity contribution is 5.88. The molecule has 1 aliphatic rings. The Labute approximate surface area is 111 Å². The van der Waals surface area contributed by atoms with E-state index in [1.807, 2.05) is 25.7 Å². The van der Waals surface area contributed by atoms with E-state index in [-0.39, 0.29) is 17.6 Å². The van der Waals surface area contributed by atoms with Gasteiger partial charge in [-0.25, -0.2) is 0 Å². The van der Waals surface area contributed by atoms with Crippen molar-refractivity contribution in [1.82, 2.24) is 10.2 Å². The average Bonchev–Trinajstić information content (AvgIpc) is 2.52. The van der Waals surface area contributed by atoms with E-state index >= 15 is 0 Å². The molecule has 0 aliphatic carbocycles. The number of ether oxygens (including phenoxy) is 1. The highest BCUT2D eigenvalue weighted by Crippen LogP contribution is 2.23. The van der Waals surface area contributed by atoms with E-state index < -0.39 is 0 Å². The average molecular weight is 256 g/mol. The van der Waals surface area contributed by atoms with Gasteiger partial charge >= 0.3 is 0 Å². The normalized spacial score (nSPS) is 28.4. The number of hydrogen-bond acceptors (Lipinski definition) is 3. The summed E-state index contributed by atoms with van der Waals surface area (Å²) < 4.78 is 5.55. The summed E-state index contributed by atoms with van der Waals surface area (Å²) in [6.45, 7) is 12.7. The molecule has 0 bridgehead atoms. The van der Waals surface area contributed by atoms with Crippen LogP contribution in [0.5, 0.6) is 0 Å². The number of hydrogen-bond donors (Lipinski definition) is 1. The third-order valence-electron chi connectivity index (χ3n) is 3.57. The van der Waals surface area contributed by atoms with E-state index in [1.54, 1.807) is 0 Å². The second-order valence-electron chi connectivity index (χ2n) is 5.83. The van der Waals surface area contributed by atoms with Crippen LogP contribution in [-0.4, -0.2) is 42.3 Å². The monoisotopic (exact) mass is 256 g/mol. The zero-order valence-electron chi connectivity index (χ0n) is 12.5. The highest BCUT2D eigenvalue weighted by atomic mass is 16.5. The van der Waals surface area contributed by atoms with Gasteiger partial charge in [-0.3, -0.25) is 10.1 Å². The van der Waals surface area contributed by atoms with Gasteiger partial charge in [-0.05, 0) is 32.6 Å². The van der Waals surface area contributed by atoms with Crippen LogP contribution in [0.3, 0.4) is 0 Å². The Morgan fingerprint density at radius 1 is 1.50 bits per heavy atom. The number of amides is 1. The van der Waals surface area contributed by atoms with Crippen LogP contribution in [0.15, 0.2) is 0 Å². The Morgan fingerprint density at radius 3 is 2.67 bits per heavy atom. The molecule has 0 aromatic carbocycles. The fourth-order valence-corrected chi connectivity index (χ4v) is 2.30. The first kappa shape index (κ1) is 15.4. The van der Waals surface area contributed by atoms with Crippen molar-refractivity contribution in [3.63, 3.8) is 0 Å². The van der Waals surface area contributed by atoms with Crippen molar-refractivity contribution in [2.45, 2.75) is 59.2 Å². The molecule has 106 valence electrons. The van der Waals surface area contributed by atoms with Gasteiger partial charge in [0.1, 0.15) is 0 Å². The molecule has 0 aromatic rings.